The molecule has 0 amide bonds. The normalized spacial score (nSPS) is 10.9. The van der Waals surface area contributed by atoms with E-state index in [4.69, 9.17) is 11.6 Å². The van der Waals surface area contributed by atoms with Crippen molar-refractivity contribution >= 4 is 17.4 Å². The standard InChI is InChI=1S/C16H24ClNO/c1-3-5-11-18(12-6-4-2)13-16(19)14-7-9-15(17)10-8-14/h7-10H,3-6,11-13H2,1-2H3. The van der Waals surface area contributed by atoms with Crippen LogP contribution in [0.4, 0.5) is 0 Å². The number of rotatable bonds is 9. The van der Waals surface area contributed by atoms with E-state index in [1.54, 1.807) is 12.1 Å². The number of halogens is 1. The summed E-state index contributed by atoms with van der Waals surface area (Å²) < 4.78 is 0. The fourth-order valence-corrected chi connectivity index (χ4v) is 2.09. The van der Waals surface area contributed by atoms with Crippen LogP contribution in [-0.2, 0) is 0 Å². The van der Waals surface area contributed by atoms with Gasteiger partial charge in [-0.1, -0.05) is 38.3 Å². The molecule has 0 fully saturated rings. The van der Waals surface area contributed by atoms with E-state index < -0.39 is 0 Å². The van der Waals surface area contributed by atoms with Crippen LogP contribution in [0.25, 0.3) is 0 Å². The molecule has 0 radical (unpaired) electrons. The second kappa shape index (κ2) is 9.11. The molecule has 0 unspecified atom stereocenters. The molecule has 1 aromatic carbocycles. The van der Waals surface area contributed by atoms with Gasteiger partial charge in [0.05, 0.1) is 6.54 Å². The molecule has 0 saturated carbocycles. The predicted molar refractivity (Wildman–Crippen MR) is 82.0 cm³/mol. The van der Waals surface area contributed by atoms with Crippen LogP contribution in [0.15, 0.2) is 24.3 Å². The van der Waals surface area contributed by atoms with Gasteiger partial charge in [0.15, 0.2) is 5.78 Å². The Hall–Kier alpha value is -0.860. The summed E-state index contributed by atoms with van der Waals surface area (Å²) in [6.07, 6.45) is 4.63. The summed E-state index contributed by atoms with van der Waals surface area (Å²) in [5, 5.41) is 0.672. The highest BCUT2D eigenvalue weighted by Crippen LogP contribution is 2.11. The largest absolute Gasteiger partial charge is 0.296 e. The maximum atomic E-state index is 12.2. The van der Waals surface area contributed by atoms with E-state index >= 15 is 0 Å². The van der Waals surface area contributed by atoms with Gasteiger partial charge >= 0.3 is 0 Å². The van der Waals surface area contributed by atoms with Gasteiger partial charge in [0, 0.05) is 10.6 Å². The van der Waals surface area contributed by atoms with Crippen LogP contribution in [0.2, 0.25) is 5.02 Å². The molecule has 0 aromatic heterocycles. The SMILES string of the molecule is CCCCN(CCCC)CC(=O)c1ccc(Cl)cc1. The molecule has 106 valence electrons. The van der Waals surface area contributed by atoms with E-state index in [0.717, 1.165) is 44.3 Å². The van der Waals surface area contributed by atoms with E-state index in [2.05, 4.69) is 18.7 Å². The zero-order chi connectivity index (χ0) is 14.1. The Morgan fingerprint density at radius 3 is 2.05 bits per heavy atom. The number of carbonyl (C=O) groups excluding carboxylic acids is 1. The van der Waals surface area contributed by atoms with Gasteiger partial charge in [0.25, 0.3) is 0 Å². The van der Waals surface area contributed by atoms with Gasteiger partial charge < -0.3 is 0 Å². The van der Waals surface area contributed by atoms with Crippen molar-refractivity contribution in [3.63, 3.8) is 0 Å². The first-order valence-corrected chi connectivity index (χ1v) is 7.56. The van der Waals surface area contributed by atoms with E-state index in [1.165, 1.54) is 0 Å². The van der Waals surface area contributed by atoms with Crippen molar-refractivity contribution in [3.8, 4) is 0 Å². The third-order valence-electron chi connectivity index (χ3n) is 3.19. The minimum atomic E-state index is 0.184. The summed E-state index contributed by atoms with van der Waals surface area (Å²) in [6.45, 7) is 6.89. The lowest BCUT2D eigenvalue weighted by atomic mass is 10.1. The predicted octanol–water partition coefficient (Wildman–Crippen LogP) is 4.42. The second-order valence-corrected chi connectivity index (χ2v) is 5.35. The number of Topliss-reactive ketones (excluding diaryl/α,β-unsaturated/α-hetero) is 1. The lowest BCUT2D eigenvalue weighted by molar-refractivity contribution is 0.0928. The van der Waals surface area contributed by atoms with E-state index in [0.29, 0.717) is 11.6 Å². The molecular weight excluding hydrogens is 258 g/mol. The van der Waals surface area contributed by atoms with Gasteiger partial charge in [0.1, 0.15) is 0 Å². The van der Waals surface area contributed by atoms with Crippen LogP contribution in [0.3, 0.4) is 0 Å². The Bertz CT molecular complexity index is 367. The second-order valence-electron chi connectivity index (χ2n) is 4.91. The fraction of sp³-hybridized carbons (Fsp3) is 0.562. The van der Waals surface area contributed by atoms with E-state index in [-0.39, 0.29) is 5.78 Å². The number of hydrogen-bond donors (Lipinski definition) is 0. The molecule has 0 heterocycles. The first-order chi connectivity index (χ1) is 9.17. The van der Waals surface area contributed by atoms with Gasteiger partial charge in [-0.3, -0.25) is 9.69 Å². The summed E-state index contributed by atoms with van der Waals surface area (Å²) in [6, 6.07) is 7.17. The lowest BCUT2D eigenvalue weighted by Crippen LogP contribution is -2.31. The molecule has 0 spiro atoms. The van der Waals surface area contributed by atoms with Gasteiger partial charge in [-0.25, -0.2) is 0 Å². The Kier molecular flexibility index (Phi) is 7.76. The molecule has 0 N–H and O–H groups in total. The first kappa shape index (κ1) is 16.2. The maximum Gasteiger partial charge on any atom is 0.176 e. The topological polar surface area (TPSA) is 20.3 Å². The molecule has 0 atom stereocenters. The van der Waals surface area contributed by atoms with Crippen LogP contribution in [-0.4, -0.2) is 30.3 Å². The van der Waals surface area contributed by atoms with E-state index in [1.807, 2.05) is 12.1 Å². The minimum Gasteiger partial charge on any atom is -0.296 e. The summed E-state index contributed by atoms with van der Waals surface area (Å²) >= 11 is 5.84. The van der Waals surface area contributed by atoms with Crippen molar-refractivity contribution in [3.05, 3.63) is 34.9 Å². The molecular formula is C16H24ClNO. The monoisotopic (exact) mass is 281 g/mol. The number of nitrogens with zero attached hydrogens (tertiary/aromatic N) is 1. The number of carbonyl (C=O) groups is 1. The third-order valence-corrected chi connectivity index (χ3v) is 3.44. The highest BCUT2D eigenvalue weighted by atomic mass is 35.5. The fourth-order valence-electron chi connectivity index (χ4n) is 1.96. The number of benzene rings is 1. The van der Waals surface area contributed by atoms with Crippen LogP contribution in [0.5, 0.6) is 0 Å². The summed E-state index contributed by atoms with van der Waals surface area (Å²) in [5.41, 5.74) is 0.752. The molecule has 0 aliphatic carbocycles. The third kappa shape index (κ3) is 6.22. The average Bonchev–Trinajstić information content (AvgIpc) is 2.42. The van der Waals surface area contributed by atoms with Crippen molar-refractivity contribution in [2.24, 2.45) is 0 Å². The van der Waals surface area contributed by atoms with Gasteiger partial charge in [-0.05, 0) is 50.2 Å². The maximum absolute atomic E-state index is 12.2. The zero-order valence-corrected chi connectivity index (χ0v) is 12.7. The van der Waals surface area contributed by atoms with Crippen molar-refractivity contribution in [2.45, 2.75) is 39.5 Å². The smallest absolute Gasteiger partial charge is 0.176 e. The van der Waals surface area contributed by atoms with Gasteiger partial charge in [-0.2, -0.15) is 0 Å². The molecule has 0 saturated heterocycles. The Morgan fingerprint density at radius 1 is 1.05 bits per heavy atom. The summed E-state index contributed by atoms with van der Waals surface area (Å²) in [4.78, 5) is 14.5. The van der Waals surface area contributed by atoms with Crippen LogP contribution >= 0.6 is 11.6 Å². The summed E-state index contributed by atoms with van der Waals surface area (Å²) in [7, 11) is 0. The highest BCUT2D eigenvalue weighted by molar-refractivity contribution is 6.30. The zero-order valence-electron chi connectivity index (χ0n) is 12.0. The first-order valence-electron chi connectivity index (χ1n) is 7.18. The molecule has 1 aromatic rings. The van der Waals surface area contributed by atoms with Crippen LogP contribution in [0, 0.1) is 0 Å². The molecule has 0 aliphatic heterocycles. The van der Waals surface area contributed by atoms with Crippen molar-refractivity contribution in [1.82, 2.24) is 4.90 Å². The highest BCUT2D eigenvalue weighted by Gasteiger charge is 2.11. The molecule has 1 rings (SSSR count). The average molecular weight is 282 g/mol. The molecule has 0 bridgehead atoms. The van der Waals surface area contributed by atoms with Gasteiger partial charge in [0.2, 0.25) is 0 Å². The Balaban J connectivity index is 2.56. The lowest BCUT2D eigenvalue weighted by Gasteiger charge is -2.21. The van der Waals surface area contributed by atoms with E-state index in [9.17, 15) is 4.79 Å². The van der Waals surface area contributed by atoms with Gasteiger partial charge in [-0.15, -0.1) is 0 Å². The number of ketones is 1. The quantitative estimate of drug-likeness (QED) is 0.624. The number of unbranched alkanes of at least 4 members (excludes halogenated alkanes) is 2. The Morgan fingerprint density at radius 2 is 1.58 bits per heavy atom. The molecule has 19 heavy (non-hydrogen) atoms. The molecule has 0 aliphatic rings. The molecule has 2 nitrogen and oxygen atoms in total. The summed E-state index contributed by atoms with van der Waals surface area (Å²) in [5.74, 6) is 0.184. The van der Waals surface area contributed by atoms with Crippen molar-refractivity contribution in [1.29, 1.82) is 0 Å². The minimum absolute atomic E-state index is 0.184. The van der Waals surface area contributed by atoms with Crippen molar-refractivity contribution in [2.75, 3.05) is 19.6 Å². The van der Waals surface area contributed by atoms with Crippen molar-refractivity contribution < 1.29 is 4.79 Å². The van der Waals surface area contributed by atoms with Crippen LogP contribution in [0.1, 0.15) is 49.9 Å². The Labute approximate surface area is 121 Å². The van der Waals surface area contributed by atoms with Crippen LogP contribution < -0.4 is 0 Å². The molecule has 3 heteroatoms. The number of hydrogen-bond acceptors (Lipinski definition) is 2.